The fourth-order valence-corrected chi connectivity index (χ4v) is 2.63. The van der Waals surface area contributed by atoms with Crippen molar-refractivity contribution in [3.05, 3.63) is 56.2 Å². The molecule has 0 amide bonds. The Hall–Kier alpha value is -1.90. The van der Waals surface area contributed by atoms with Crippen LogP contribution in [0.3, 0.4) is 0 Å². The monoisotopic (exact) mass is 383 g/mol. The molecule has 3 aromatic heterocycles. The molecule has 0 saturated heterocycles. The molecular formula is C13H10IN3O3. The fourth-order valence-electron chi connectivity index (χ4n) is 1.83. The van der Waals surface area contributed by atoms with Crippen molar-refractivity contribution in [2.24, 2.45) is 0 Å². The Bertz CT molecular complexity index is 790. The highest BCUT2D eigenvalue weighted by Crippen LogP contribution is 2.17. The molecule has 0 fully saturated rings. The lowest BCUT2D eigenvalue weighted by Gasteiger charge is -2.04. The zero-order valence-corrected chi connectivity index (χ0v) is 12.7. The van der Waals surface area contributed by atoms with Gasteiger partial charge in [0.1, 0.15) is 6.26 Å². The molecule has 0 aliphatic carbocycles. The predicted octanol–water partition coefficient (Wildman–Crippen LogP) is 2.45. The molecule has 3 rings (SSSR count). The number of nitrogens with zero attached hydrogens (tertiary/aromatic N) is 3. The van der Waals surface area contributed by atoms with Crippen LogP contribution in [-0.4, -0.2) is 14.7 Å². The smallest absolute Gasteiger partial charge is 0.261 e. The van der Waals surface area contributed by atoms with Crippen molar-refractivity contribution in [2.45, 2.75) is 13.5 Å². The molecule has 0 radical (unpaired) electrons. The SMILES string of the molecule is Cc1cc(I)cn(Cc2noc(-c3ccoc3)n2)c1=O. The van der Waals surface area contributed by atoms with Crippen LogP contribution in [0.15, 0.2) is 44.6 Å². The summed E-state index contributed by atoms with van der Waals surface area (Å²) >= 11 is 2.17. The van der Waals surface area contributed by atoms with Crippen LogP contribution < -0.4 is 5.56 Å². The highest BCUT2D eigenvalue weighted by molar-refractivity contribution is 14.1. The normalized spacial score (nSPS) is 10.9. The van der Waals surface area contributed by atoms with E-state index in [2.05, 4.69) is 32.7 Å². The summed E-state index contributed by atoms with van der Waals surface area (Å²) in [6, 6.07) is 3.57. The molecule has 0 N–H and O–H groups in total. The van der Waals surface area contributed by atoms with E-state index in [1.54, 1.807) is 23.8 Å². The maximum absolute atomic E-state index is 12.0. The van der Waals surface area contributed by atoms with E-state index in [0.717, 1.165) is 9.13 Å². The average molecular weight is 383 g/mol. The summed E-state index contributed by atoms with van der Waals surface area (Å²) in [7, 11) is 0. The molecule has 0 atom stereocenters. The van der Waals surface area contributed by atoms with Crippen molar-refractivity contribution >= 4 is 22.6 Å². The third-order valence-electron chi connectivity index (χ3n) is 2.78. The summed E-state index contributed by atoms with van der Waals surface area (Å²) in [5, 5.41) is 3.88. The van der Waals surface area contributed by atoms with Gasteiger partial charge in [-0.3, -0.25) is 4.79 Å². The molecule has 6 nitrogen and oxygen atoms in total. The quantitative estimate of drug-likeness (QED) is 0.650. The van der Waals surface area contributed by atoms with Gasteiger partial charge >= 0.3 is 0 Å². The predicted molar refractivity (Wildman–Crippen MR) is 79.3 cm³/mol. The molecule has 0 bridgehead atoms. The second kappa shape index (κ2) is 5.23. The minimum absolute atomic E-state index is 0.0555. The van der Waals surface area contributed by atoms with Crippen molar-refractivity contribution in [3.8, 4) is 11.5 Å². The van der Waals surface area contributed by atoms with Gasteiger partial charge in [-0.05, 0) is 41.6 Å². The van der Waals surface area contributed by atoms with E-state index in [1.165, 1.54) is 12.5 Å². The Morgan fingerprint density at radius 3 is 3.05 bits per heavy atom. The summed E-state index contributed by atoms with van der Waals surface area (Å²) in [4.78, 5) is 16.3. The van der Waals surface area contributed by atoms with E-state index >= 15 is 0 Å². The van der Waals surface area contributed by atoms with Gasteiger partial charge in [0, 0.05) is 15.3 Å². The first-order chi connectivity index (χ1) is 9.63. The number of hydrogen-bond acceptors (Lipinski definition) is 5. The molecule has 102 valence electrons. The lowest BCUT2D eigenvalue weighted by atomic mass is 10.3. The Morgan fingerprint density at radius 1 is 1.45 bits per heavy atom. The fraction of sp³-hybridized carbons (Fsp3) is 0.154. The third kappa shape index (κ3) is 2.53. The average Bonchev–Trinajstić information content (AvgIpc) is 3.05. The zero-order valence-electron chi connectivity index (χ0n) is 10.5. The summed E-state index contributed by atoms with van der Waals surface area (Å²) in [5.74, 6) is 0.828. The summed E-state index contributed by atoms with van der Waals surface area (Å²) in [5.41, 5.74) is 1.35. The maximum Gasteiger partial charge on any atom is 0.261 e. The number of pyridine rings is 1. The lowest BCUT2D eigenvalue weighted by Crippen LogP contribution is -2.23. The Kier molecular flexibility index (Phi) is 3.43. The van der Waals surface area contributed by atoms with Crippen molar-refractivity contribution in [1.82, 2.24) is 14.7 Å². The standard InChI is InChI=1S/C13H10IN3O3/c1-8-4-10(14)5-17(13(8)18)6-11-15-12(20-16-11)9-2-3-19-7-9/h2-5,7H,6H2,1H3. The van der Waals surface area contributed by atoms with Gasteiger partial charge in [-0.1, -0.05) is 5.16 Å². The number of aryl methyl sites for hydroxylation is 1. The number of halogens is 1. The number of aromatic nitrogens is 3. The van der Waals surface area contributed by atoms with Gasteiger partial charge in [0.2, 0.25) is 0 Å². The van der Waals surface area contributed by atoms with Crippen molar-refractivity contribution in [2.75, 3.05) is 0 Å². The van der Waals surface area contributed by atoms with Gasteiger partial charge in [-0.15, -0.1) is 0 Å². The van der Waals surface area contributed by atoms with E-state index in [-0.39, 0.29) is 12.1 Å². The first kappa shape index (κ1) is 13.1. The van der Waals surface area contributed by atoms with Crippen LogP contribution in [0.25, 0.3) is 11.5 Å². The minimum Gasteiger partial charge on any atom is -0.472 e. The number of furan rings is 1. The third-order valence-corrected chi connectivity index (χ3v) is 3.37. The summed E-state index contributed by atoms with van der Waals surface area (Å²) in [6.07, 6.45) is 4.83. The topological polar surface area (TPSA) is 74.1 Å². The molecule has 0 unspecified atom stereocenters. The van der Waals surface area contributed by atoms with Crippen LogP contribution in [0.2, 0.25) is 0 Å². The molecule has 0 spiro atoms. The molecule has 3 heterocycles. The van der Waals surface area contributed by atoms with Crippen molar-refractivity contribution in [3.63, 3.8) is 0 Å². The molecule has 0 aromatic carbocycles. The van der Waals surface area contributed by atoms with E-state index < -0.39 is 0 Å². The number of hydrogen-bond donors (Lipinski definition) is 0. The van der Waals surface area contributed by atoms with Crippen LogP contribution in [0.4, 0.5) is 0 Å². The molecule has 0 aliphatic heterocycles. The first-order valence-electron chi connectivity index (χ1n) is 5.85. The molecule has 3 aromatic rings. The van der Waals surface area contributed by atoms with E-state index in [0.29, 0.717) is 17.3 Å². The van der Waals surface area contributed by atoms with E-state index in [4.69, 9.17) is 8.94 Å². The van der Waals surface area contributed by atoms with Gasteiger partial charge in [0.05, 0.1) is 18.4 Å². The lowest BCUT2D eigenvalue weighted by molar-refractivity contribution is 0.419. The minimum atomic E-state index is -0.0555. The second-order valence-electron chi connectivity index (χ2n) is 4.30. The van der Waals surface area contributed by atoms with E-state index in [1.807, 2.05) is 6.07 Å². The molecular weight excluding hydrogens is 373 g/mol. The first-order valence-corrected chi connectivity index (χ1v) is 6.93. The largest absolute Gasteiger partial charge is 0.472 e. The molecule has 0 saturated carbocycles. The summed E-state index contributed by atoms with van der Waals surface area (Å²) < 4.78 is 12.7. The van der Waals surface area contributed by atoms with Crippen molar-refractivity contribution < 1.29 is 8.94 Å². The Morgan fingerprint density at radius 2 is 2.30 bits per heavy atom. The highest BCUT2D eigenvalue weighted by Gasteiger charge is 2.11. The second-order valence-corrected chi connectivity index (χ2v) is 5.55. The molecule has 7 heteroatoms. The van der Waals surface area contributed by atoms with Gasteiger partial charge < -0.3 is 13.5 Å². The van der Waals surface area contributed by atoms with Crippen LogP contribution in [-0.2, 0) is 6.54 Å². The van der Waals surface area contributed by atoms with Crippen LogP contribution in [0.5, 0.6) is 0 Å². The van der Waals surface area contributed by atoms with Gasteiger partial charge in [0.25, 0.3) is 11.4 Å². The Balaban J connectivity index is 1.91. The van der Waals surface area contributed by atoms with Crippen LogP contribution >= 0.6 is 22.6 Å². The van der Waals surface area contributed by atoms with Crippen LogP contribution in [0, 0.1) is 10.5 Å². The Labute approximate surface area is 127 Å². The van der Waals surface area contributed by atoms with Gasteiger partial charge in [-0.25, -0.2) is 0 Å². The number of rotatable bonds is 3. The molecule has 20 heavy (non-hydrogen) atoms. The van der Waals surface area contributed by atoms with Crippen LogP contribution in [0.1, 0.15) is 11.4 Å². The van der Waals surface area contributed by atoms with Gasteiger partial charge in [0.15, 0.2) is 5.82 Å². The van der Waals surface area contributed by atoms with Crippen molar-refractivity contribution in [1.29, 1.82) is 0 Å². The molecule has 0 aliphatic rings. The zero-order chi connectivity index (χ0) is 14.1. The maximum atomic E-state index is 12.0. The highest BCUT2D eigenvalue weighted by atomic mass is 127. The van der Waals surface area contributed by atoms with E-state index in [9.17, 15) is 4.79 Å². The van der Waals surface area contributed by atoms with Gasteiger partial charge in [-0.2, -0.15) is 4.98 Å². The summed E-state index contributed by atoms with van der Waals surface area (Å²) in [6.45, 7) is 2.06.